The Bertz CT molecular complexity index is 1420. The lowest BCUT2D eigenvalue weighted by Gasteiger charge is -2.23. The fourth-order valence-corrected chi connectivity index (χ4v) is 6.02. The summed E-state index contributed by atoms with van der Waals surface area (Å²) >= 11 is 7.32. The van der Waals surface area contributed by atoms with E-state index in [2.05, 4.69) is 5.32 Å². The molecule has 0 saturated heterocycles. The molecule has 0 saturated carbocycles. The molecule has 0 aliphatic rings. The Labute approximate surface area is 201 Å². The van der Waals surface area contributed by atoms with Crippen LogP contribution in [0.15, 0.2) is 77.7 Å². The van der Waals surface area contributed by atoms with E-state index in [4.69, 9.17) is 16.3 Å². The largest absolute Gasteiger partial charge is 0.497 e. The van der Waals surface area contributed by atoms with E-state index in [0.717, 1.165) is 10.1 Å². The summed E-state index contributed by atoms with van der Waals surface area (Å²) in [7, 11) is -2.23. The zero-order valence-electron chi connectivity index (χ0n) is 17.9. The maximum atomic E-state index is 13.3. The van der Waals surface area contributed by atoms with Crippen LogP contribution in [0.5, 0.6) is 5.75 Å². The molecule has 4 aromatic rings. The first kappa shape index (κ1) is 23.1. The molecule has 0 bridgehead atoms. The molecule has 33 heavy (non-hydrogen) atoms. The Balaban J connectivity index is 1.63. The van der Waals surface area contributed by atoms with Crippen molar-refractivity contribution in [1.29, 1.82) is 0 Å². The molecule has 1 amide bonds. The van der Waals surface area contributed by atoms with Crippen LogP contribution in [0, 0.1) is 0 Å². The summed E-state index contributed by atoms with van der Waals surface area (Å²) < 4.78 is 33.9. The number of carbonyl (C=O) groups is 1. The maximum absolute atomic E-state index is 13.3. The molecule has 9 heteroatoms. The number of halogens is 1. The number of sulfonamides is 1. The Morgan fingerprint density at radius 2 is 1.82 bits per heavy atom. The summed E-state index contributed by atoms with van der Waals surface area (Å²) in [6, 6.07) is 20.4. The fourth-order valence-electron chi connectivity index (χ4n) is 3.42. The third kappa shape index (κ3) is 4.83. The zero-order valence-corrected chi connectivity index (χ0v) is 20.3. The lowest BCUT2D eigenvalue weighted by Crippen LogP contribution is -2.30. The summed E-state index contributed by atoms with van der Waals surface area (Å²) in [5, 5.41) is 4.16. The summed E-state index contributed by atoms with van der Waals surface area (Å²) in [4.78, 5) is 13.4. The van der Waals surface area contributed by atoms with Crippen LogP contribution in [-0.2, 0) is 10.0 Å². The van der Waals surface area contributed by atoms with Gasteiger partial charge in [-0.05, 0) is 79.0 Å². The van der Waals surface area contributed by atoms with E-state index in [1.165, 1.54) is 34.9 Å². The van der Waals surface area contributed by atoms with Crippen molar-refractivity contribution in [1.82, 2.24) is 0 Å². The van der Waals surface area contributed by atoms with Gasteiger partial charge in [0.1, 0.15) is 5.75 Å². The van der Waals surface area contributed by atoms with Gasteiger partial charge >= 0.3 is 0 Å². The van der Waals surface area contributed by atoms with Gasteiger partial charge < -0.3 is 10.1 Å². The summed E-state index contributed by atoms with van der Waals surface area (Å²) in [6.45, 7) is 2.04. The van der Waals surface area contributed by atoms with Crippen LogP contribution in [0.3, 0.4) is 0 Å². The number of fused-ring (bicyclic) bond motifs is 1. The van der Waals surface area contributed by atoms with Crippen LogP contribution in [-0.4, -0.2) is 28.0 Å². The number of benzene rings is 3. The number of nitrogens with zero attached hydrogens (tertiary/aromatic N) is 1. The van der Waals surface area contributed by atoms with Crippen LogP contribution >= 0.6 is 22.9 Å². The Morgan fingerprint density at radius 1 is 1.06 bits per heavy atom. The van der Waals surface area contributed by atoms with E-state index < -0.39 is 10.0 Å². The molecule has 1 heterocycles. The van der Waals surface area contributed by atoms with Crippen molar-refractivity contribution in [2.45, 2.75) is 11.8 Å². The third-order valence-corrected chi connectivity index (χ3v) is 8.30. The molecule has 4 rings (SSSR count). The zero-order chi connectivity index (χ0) is 23.6. The first-order chi connectivity index (χ1) is 15.8. The first-order valence-corrected chi connectivity index (χ1v) is 12.7. The number of hydrogen-bond acceptors (Lipinski definition) is 5. The van der Waals surface area contributed by atoms with Crippen molar-refractivity contribution in [3.63, 3.8) is 0 Å². The quantitative estimate of drug-likeness (QED) is 0.336. The highest BCUT2D eigenvalue weighted by Crippen LogP contribution is 2.32. The second-order valence-electron chi connectivity index (χ2n) is 7.14. The van der Waals surface area contributed by atoms with E-state index in [-0.39, 0.29) is 17.3 Å². The third-order valence-electron chi connectivity index (χ3n) is 5.03. The predicted molar refractivity (Wildman–Crippen MR) is 134 cm³/mol. The van der Waals surface area contributed by atoms with Crippen LogP contribution in [0.25, 0.3) is 10.1 Å². The van der Waals surface area contributed by atoms with Gasteiger partial charge in [0.15, 0.2) is 0 Å². The summed E-state index contributed by atoms with van der Waals surface area (Å²) in [6.07, 6.45) is 0. The minimum absolute atomic E-state index is 0.178. The molecule has 1 aromatic heterocycles. The molecule has 0 radical (unpaired) electrons. The number of nitrogens with one attached hydrogen (secondary N) is 1. The number of thiophene rings is 1. The first-order valence-electron chi connectivity index (χ1n) is 10.1. The van der Waals surface area contributed by atoms with Crippen molar-refractivity contribution in [3.05, 3.63) is 82.7 Å². The molecule has 0 aliphatic heterocycles. The topological polar surface area (TPSA) is 75.7 Å². The van der Waals surface area contributed by atoms with Gasteiger partial charge in [-0.3, -0.25) is 9.10 Å². The number of rotatable bonds is 7. The van der Waals surface area contributed by atoms with Crippen molar-refractivity contribution in [2.24, 2.45) is 0 Å². The number of methoxy groups -OCH3 is 1. The molecule has 3 aromatic carbocycles. The normalized spacial score (nSPS) is 11.4. The molecule has 170 valence electrons. The van der Waals surface area contributed by atoms with E-state index in [0.29, 0.717) is 27.0 Å². The van der Waals surface area contributed by atoms with Gasteiger partial charge in [0, 0.05) is 22.0 Å². The van der Waals surface area contributed by atoms with Gasteiger partial charge in [0.2, 0.25) is 0 Å². The van der Waals surface area contributed by atoms with Crippen molar-refractivity contribution in [2.75, 3.05) is 23.3 Å². The molecular weight excluding hydrogens is 480 g/mol. The van der Waals surface area contributed by atoms with Gasteiger partial charge in [-0.1, -0.05) is 17.7 Å². The number of amides is 1. The number of hydrogen-bond donors (Lipinski definition) is 1. The van der Waals surface area contributed by atoms with Crippen LogP contribution < -0.4 is 14.4 Å². The minimum Gasteiger partial charge on any atom is -0.497 e. The van der Waals surface area contributed by atoms with Crippen LogP contribution in [0.4, 0.5) is 11.4 Å². The van der Waals surface area contributed by atoms with Gasteiger partial charge in [0.05, 0.1) is 22.6 Å². The molecular formula is C24H21ClN2O4S2. The van der Waals surface area contributed by atoms with Crippen LogP contribution in [0.2, 0.25) is 5.02 Å². The Kier molecular flexibility index (Phi) is 6.60. The highest BCUT2D eigenvalue weighted by atomic mass is 35.5. The second kappa shape index (κ2) is 9.43. The van der Waals surface area contributed by atoms with Gasteiger partial charge in [-0.2, -0.15) is 0 Å². The Hall–Kier alpha value is -3.07. The lowest BCUT2D eigenvalue weighted by molar-refractivity contribution is 0.103. The predicted octanol–water partition coefficient (Wildman–Crippen LogP) is 6.03. The molecule has 0 unspecified atom stereocenters. The molecule has 1 N–H and O–H groups in total. The van der Waals surface area contributed by atoms with Gasteiger partial charge in [0.25, 0.3) is 15.9 Å². The van der Waals surface area contributed by atoms with E-state index in [1.807, 2.05) is 6.07 Å². The van der Waals surface area contributed by atoms with Gasteiger partial charge in [-0.25, -0.2) is 8.42 Å². The van der Waals surface area contributed by atoms with E-state index >= 15 is 0 Å². The van der Waals surface area contributed by atoms with E-state index in [9.17, 15) is 13.2 Å². The van der Waals surface area contributed by atoms with Crippen molar-refractivity contribution >= 4 is 60.3 Å². The number of ether oxygens (including phenoxy) is 1. The second-order valence-corrected chi connectivity index (χ2v) is 10.5. The molecule has 0 atom stereocenters. The highest BCUT2D eigenvalue weighted by Gasteiger charge is 2.24. The Morgan fingerprint density at radius 3 is 2.48 bits per heavy atom. The fraction of sp³-hybridized carbons (Fsp3) is 0.125. The van der Waals surface area contributed by atoms with E-state index in [1.54, 1.807) is 61.5 Å². The molecule has 6 nitrogen and oxygen atoms in total. The minimum atomic E-state index is -3.76. The van der Waals surface area contributed by atoms with Crippen molar-refractivity contribution < 1.29 is 17.9 Å². The number of carbonyl (C=O) groups excluding carboxylic acids is 1. The van der Waals surface area contributed by atoms with Crippen LogP contribution in [0.1, 0.15) is 16.6 Å². The van der Waals surface area contributed by atoms with Crippen molar-refractivity contribution in [3.8, 4) is 5.75 Å². The maximum Gasteiger partial charge on any atom is 0.265 e. The standard InChI is InChI=1S/C24H21ClN2O4S2/c1-3-27(33(29,30)21-10-8-20(31-2)9-11-21)19-7-12-22-16(13-19)14-23(32-22)24(28)26-18-6-4-5-17(25)15-18/h4-15H,3H2,1-2H3,(H,26,28). The number of anilines is 2. The molecule has 0 spiro atoms. The summed E-state index contributed by atoms with van der Waals surface area (Å²) in [5.41, 5.74) is 1.13. The highest BCUT2D eigenvalue weighted by molar-refractivity contribution is 7.92. The average molecular weight is 501 g/mol. The molecule has 0 fully saturated rings. The average Bonchev–Trinajstić information content (AvgIpc) is 3.23. The lowest BCUT2D eigenvalue weighted by atomic mass is 10.2. The smallest absolute Gasteiger partial charge is 0.265 e. The summed E-state index contributed by atoms with van der Waals surface area (Å²) in [5.74, 6) is 0.332. The van der Waals surface area contributed by atoms with Gasteiger partial charge in [-0.15, -0.1) is 11.3 Å². The molecule has 0 aliphatic carbocycles. The monoisotopic (exact) mass is 500 g/mol. The SMILES string of the molecule is CCN(c1ccc2sc(C(=O)Nc3cccc(Cl)c3)cc2c1)S(=O)(=O)c1ccc(OC)cc1.